The molecule has 8 nitrogen and oxygen atoms in total. The zero-order valence-corrected chi connectivity index (χ0v) is 24.7. The van der Waals surface area contributed by atoms with Gasteiger partial charge in [-0.05, 0) is 62.4 Å². The van der Waals surface area contributed by atoms with E-state index in [0.717, 1.165) is 40.8 Å². The van der Waals surface area contributed by atoms with Gasteiger partial charge in [-0.15, -0.1) is 28.1 Å². The van der Waals surface area contributed by atoms with Crippen LogP contribution in [0.5, 0.6) is 5.75 Å². The summed E-state index contributed by atoms with van der Waals surface area (Å²) in [6, 6.07) is 15.7. The van der Waals surface area contributed by atoms with Crippen molar-refractivity contribution in [3.05, 3.63) is 77.7 Å². The molecule has 1 N–H and O–H groups in total. The number of anilines is 1. The van der Waals surface area contributed by atoms with Gasteiger partial charge in [0.25, 0.3) is 0 Å². The van der Waals surface area contributed by atoms with Gasteiger partial charge in [-0.2, -0.15) is 0 Å². The number of hydrogen-bond donors (Lipinski definition) is 1. The predicted molar refractivity (Wildman–Crippen MR) is 164 cm³/mol. The molecule has 212 valence electrons. The number of allylic oxidation sites excluding steroid dienone is 1. The zero-order chi connectivity index (χ0) is 28.8. The average Bonchev–Trinajstić information content (AvgIpc) is 3.74. The third-order valence-electron chi connectivity index (χ3n) is 6.87. The second-order valence-corrected chi connectivity index (χ2v) is 11.6. The van der Waals surface area contributed by atoms with E-state index in [2.05, 4.69) is 22.1 Å². The molecule has 1 aliphatic rings. The van der Waals surface area contributed by atoms with Crippen molar-refractivity contribution in [2.24, 2.45) is 0 Å². The number of thiophene rings is 1. The normalized spacial score (nSPS) is 13.2. The van der Waals surface area contributed by atoms with Crippen molar-refractivity contribution >= 4 is 40.0 Å². The summed E-state index contributed by atoms with van der Waals surface area (Å²) in [5.74, 6) is 0.865. The van der Waals surface area contributed by atoms with Gasteiger partial charge >= 0.3 is 5.97 Å². The molecule has 1 fully saturated rings. The lowest BCUT2D eigenvalue weighted by Gasteiger charge is -2.13. The molecule has 4 aromatic rings. The fraction of sp³-hybridized carbons (Fsp3) is 0.290. The van der Waals surface area contributed by atoms with Crippen molar-refractivity contribution in [1.82, 2.24) is 14.8 Å². The number of rotatable bonds is 11. The van der Waals surface area contributed by atoms with Crippen molar-refractivity contribution in [3.8, 4) is 28.3 Å². The molecular formula is C31H32N4O4S2. The van der Waals surface area contributed by atoms with Gasteiger partial charge in [-0.1, -0.05) is 47.7 Å². The largest absolute Gasteiger partial charge is 0.490 e. The summed E-state index contributed by atoms with van der Waals surface area (Å²) in [6.07, 6.45) is 6.73. The number of carbonyl (C=O) groups excluding carboxylic acids is 2. The molecule has 0 aliphatic heterocycles. The predicted octanol–water partition coefficient (Wildman–Crippen LogP) is 7.01. The number of aromatic nitrogens is 3. The van der Waals surface area contributed by atoms with Crippen molar-refractivity contribution in [1.29, 1.82) is 0 Å². The lowest BCUT2D eigenvalue weighted by atomic mass is 10.0. The molecule has 10 heteroatoms. The van der Waals surface area contributed by atoms with E-state index in [1.807, 2.05) is 65.4 Å². The maximum atomic E-state index is 13.0. The van der Waals surface area contributed by atoms with E-state index in [-0.39, 0.29) is 11.7 Å². The van der Waals surface area contributed by atoms with Gasteiger partial charge in [0.15, 0.2) is 11.0 Å². The van der Waals surface area contributed by atoms with Gasteiger partial charge < -0.3 is 14.8 Å². The van der Waals surface area contributed by atoms with E-state index in [1.165, 1.54) is 43.1 Å². The van der Waals surface area contributed by atoms with Gasteiger partial charge in [0.1, 0.15) is 16.3 Å². The van der Waals surface area contributed by atoms with Gasteiger partial charge in [-0.25, -0.2) is 4.79 Å². The Morgan fingerprint density at radius 2 is 1.80 bits per heavy atom. The molecule has 1 amide bonds. The highest BCUT2D eigenvalue weighted by atomic mass is 32.2. The number of esters is 1. The average molecular weight is 589 g/mol. The highest BCUT2D eigenvalue weighted by Gasteiger charge is 2.23. The molecule has 0 bridgehead atoms. The first kappa shape index (κ1) is 28.6. The number of thioether (sulfide) groups is 1. The van der Waals surface area contributed by atoms with Crippen LogP contribution >= 0.6 is 23.1 Å². The van der Waals surface area contributed by atoms with E-state index in [9.17, 15) is 9.59 Å². The van der Waals surface area contributed by atoms with E-state index in [1.54, 1.807) is 6.08 Å². The van der Waals surface area contributed by atoms with Crippen molar-refractivity contribution in [2.45, 2.75) is 50.4 Å². The van der Waals surface area contributed by atoms with Crippen LogP contribution < -0.4 is 10.1 Å². The quantitative estimate of drug-likeness (QED) is 0.114. The molecule has 0 saturated heterocycles. The fourth-order valence-corrected chi connectivity index (χ4v) is 6.50. The van der Waals surface area contributed by atoms with E-state index in [4.69, 9.17) is 9.47 Å². The van der Waals surface area contributed by atoms with Gasteiger partial charge in [0, 0.05) is 23.1 Å². The van der Waals surface area contributed by atoms with Crippen LogP contribution in [0.15, 0.2) is 71.7 Å². The number of nitrogens with zero attached hydrogens (tertiary/aromatic N) is 3. The van der Waals surface area contributed by atoms with Gasteiger partial charge in [-0.3, -0.25) is 9.36 Å². The van der Waals surface area contributed by atoms with Gasteiger partial charge in [0.05, 0.1) is 19.0 Å². The van der Waals surface area contributed by atoms with E-state index in [0.29, 0.717) is 34.2 Å². The molecule has 0 atom stereocenters. The maximum Gasteiger partial charge on any atom is 0.341 e. The molecule has 1 saturated carbocycles. The van der Waals surface area contributed by atoms with Crippen LogP contribution in [-0.2, 0) is 16.1 Å². The molecule has 2 aromatic carbocycles. The highest BCUT2D eigenvalue weighted by Crippen LogP contribution is 2.36. The molecule has 2 aromatic heterocycles. The molecule has 5 rings (SSSR count). The summed E-state index contributed by atoms with van der Waals surface area (Å²) in [5, 5.41) is 14.6. The Balaban J connectivity index is 1.28. The fourth-order valence-electron chi connectivity index (χ4n) is 4.78. The van der Waals surface area contributed by atoms with Crippen molar-refractivity contribution < 1.29 is 19.1 Å². The SMILES string of the molecule is C=CCn1c(SCC(=O)Nc2scc(-c3ccc(C)cc3)c2C(=O)OC)nnc1-c1ccc(OC2CCCC2)cc1. The smallest absolute Gasteiger partial charge is 0.341 e. The Kier molecular flexibility index (Phi) is 9.21. The molecular weight excluding hydrogens is 556 g/mol. The van der Waals surface area contributed by atoms with Crippen molar-refractivity contribution in [3.63, 3.8) is 0 Å². The van der Waals surface area contributed by atoms with Crippen LogP contribution in [0.4, 0.5) is 5.00 Å². The Labute approximate surface area is 247 Å². The number of benzene rings is 2. The van der Waals surface area contributed by atoms with Crippen LogP contribution in [0, 0.1) is 6.92 Å². The third kappa shape index (κ3) is 6.71. The first-order valence-corrected chi connectivity index (χ1v) is 15.3. The number of nitrogens with one attached hydrogen (secondary N) is 1. The number of aryl methyl sites for hydroxylation is 1. The molecule has 0 unspecified atom stereocenters. The Morgan fingerprint density at radius 3 is 2.49 bits per heavy atom. The van der Waals surface area contributed by atoms with Crippen LogP contribution in [0.2, 0.25) is 0 Å². The summed E-state index contributed by atoms with van der Waals surface area (Å²) < 4.78 is 13.0. The summed E-state index contributed by atoms with van der Waals surface area (Å²) in [6.45, 7) is 6.37. The number of amides is 1. The molecule has 2 heterocycles. The first-order chi connectivity index (χ1) is 20.0. The van der Waals surface area contributed by atoms with Crippen LogP contribution in [-0.4, -0.2) is 45.6 Å². The molecule has 41 heavy (non-hydrogen) atoms. The Hall–Kier alpha value is -3.89. The van der Waals surface area contributed by atoms with Gasteiger partial charge in [0.2, 0.25) is 5.91 Å². The van der Waals surface area contributed by atoms with E-state index < -0.39 is 5.97 Å². The molecule has 1 aliphatic carbocycles. The summed E-state index contributed by atoms with van der Waals surface area (Å²) in [5.41, 5.74) is 3.97. The lowest BCUT2D eigenvalue weighted by Crippen LogP contribution is -2.16. The zero-order valence-electron chi connectivity index (χ0n) is 23.1. The topological polar surface area (TPSA) is 95.3 Å². The Morgan fingerprint density at radius 1 is 1.10 bits per heavy atom. The summed E-state index contributed by atoms with van der Waals surface area (Å²) in [4.78, 5) is 25.7. The molecule has 0 radical (unpaired) electrons. The maximum absolute atomic E-state index is 13.0. The molecule has 0 spiro atoms. The first-order valence-electron chi connectivity index (χ1n) is 13.5. The third-order valence-corrected chi connectivity index (χ3v) is 8.74. The van der Waals surface area contributed by atoms with Crippen LogP contribution in [0.3, 0.4) is 0 Å². The van der Waals surface area contributed by atoms with E-state index >= 15 is 0 Å². The standard InChI is InChI=1S/C31H32N4O4S2/c1-4-17-35-28(22-13-15-24(16-14-22)39-23-7-5-6-8-23)33-34-31(35)41-19-26(36)32-29-27(30(37)38-3)25(18-40-29)21-11-9-20(2)10-12-21/h4,9-16,18,23H,1,5-8,17,19H2,2-3H3,(H,32,36). The van der Waals surface area contributed by atoms with Crippen LogP contribution in [0.25, 0.3) is 22.5 Å². The summed E-state index contributed by atoms with van der Waals surface area (Å²) >= 11 is 2.57. The minimum Gasteiger partial charge on any atom is -0.490 e. The Bertz CT molecular complexity index is 1520. The number of carbonyl (C=O) groups is 2. The number of methoxy groups -OCH3 is 1. The lowest BCUT2D eigenvalue weighted by molar-refractivity contribution is -0.113. The minimum atomic E-state index is -0.500. The summed E-state index contributed by atoms with van der Waals surface area (Å²) in [7, 11) is 1.33. The minimum absolute atomic E-state index is 0.0851. The van der Waals surface area contributed by atoms with Crippen LogP contribution in [0.1, 0.15) is 41.6 Å². The highest BCUT2D eigenvalue weighted by molar-refractivity contribution is 7.99. The number of ether oxygens (including phenoxy) is 2. The van der Waals surface area contributed by atoms with Crippen molar-refractivity contribution in [2.75, 3.05) is 18.2 Å². The number of hydrogen-bond acceptors (Lipinski definition) is 8. The second kappa shape index (κ2) is 13.2. The monoisotopic (exact) mass is 588 g/mol. The second-order valence-electron chi connectivity index (χ2n) is 9.80.